The van der Waals surface area contributed by atoms with Crippen LogP contribution in [0.1, 0.15) is 26.7 Å². The molecule has 1 unspecified atom stereocenters. The minimum Gasteiger partial charge on any atom is -0.489 e. The second-order valence-corrected chi connectivity index (χ2v) is 7.55. The number of likely N-dealkylation sites (N-methyl/N-ethyl adjacent to an activating group) is 1. The zero-order chi connectivity index (χ0) is 19.2. The number of carbonyl (C=O) groups excluding carboxylic acids is 1. The Morgan fingerprint density at radius 3 is 2.74 bits per heavy atom. The molecule has 1 saturated heterocycles. The maximum absolute atomic E-state index is 12.6. The third kappa shape index (κ3) is 5.21. The Hall–Kier alpha value is -2.11. The molecule has 1 heterocycles. The van der Waals surface area contributed by atoms with Gasteiger partial charge in [0.2, 0.25) is 0 Å². The van der Waals surface area contributed by atoms with Gasteiger partial charge < -0.3 is 14.8 Å². The van der Waals surface area contributed by atoms with E-state index in [9.17, 15) is 4.79 Å². The number of benzene rings is 2. The summed E-state index contributed by atoms with van der Waals surface area (Å²) in [7, 11) is 1.98. The predicted molar refractivity (Wildman–Crippen MR) is 108 cm³/mol. The number of esters is 1. The van der Waals surface area contributed by atoms with Crippen molar-refractivity contribution in [2.24, 2.45) is 0 Å². The number of hydrogen-bond donors (Lipinski definition) is 1. The highest BCUT2D eigenvalue weighted by Gasteiger charge is 2.31. The molecule has 2 aromatic carbocycles. The summed E-state index contributed by atoms with van der Waals surface area (Å²) in [6.07, 6.45) is 1.58. The molecule has 3 rings (SSSR count). The normalized spacial score (nSPS) is 18.7. The fourth-order valence-corrected chi connectivity index (χ4v) is 3.46. The largest absolute Gasteiger partial charge is 0.489 e. The fourth-order valence-electron chi connectivity index (χ4n) is 3.46. The second kappa shape index (κ2) is 9.20. The van der Waals surface area contributed by atoms with Gasteiger partial charge in [0.05, 0.1) is 0 Å². The number of ether oxygens (including phenoxy) is 2. The first-order chi connectivity index (χ1) is 13.0. The van der Waals surface area contributed by atoms with Crippen molar-refractivity contribution in [3.63, 3.8) is 0 Å². The third-order valence-electron chi connectivity index (χ3n) is 5.00. The highest BCUT2D eigenvalue weighted by Crippen LogP contribution is 2.25. The molecule has 1 aliphatic heterocycles. The van der Waals surface area contributed by atoms with Crippen LogP contribution in [-0.4, -0.2) is 55.8 Å². The molecule has 0 spiro atoms. The zero-order valence-corrected chi connectivity index (χ0v) is 16.5. The standard InChI is InChI=1S/C22H30N2O3/c1-16(2)23-14-18(27-22(25)20-11-7-13-24(20)3)15-26-21-12-6-9-17-8-4-5-10-19(17)21/h4-6,8-10,12,16,18,20,23H,7,11,13-15H2,1-3H3/t18?,20-/m0/s1. The molecule has 1 aliphatic rings. The van der Waals surface area contributed by atoms with Crippen LogP contribution in [0.3, 0.4) is 0 Å². The molecule has 0 aromatic heterocycles. The van der Waals surface area contributed by atoms with Crippen LogP contribution in [0.4, 0.5) is 0 Å². The van der Waals surface area contributed by atoms with Gasteiger partial charge in [0.15, 0.2) is 0 Å². The number of hydrogen-bond acceptors (Lipinski definition) is 5. The van der Waals surface area contributed by atoms with Gasteiger partial charge in [0, 0.05) is 18.0 Å². The van der Waals surface area contributed by atoms with Gasteiger partial charge in [-0.3, -0.25) is 9.69 Å². The molecule has 5 nitrogen and oxygen atoms in total. The molecule has 0 amide bonds. The van der Waals surface area contributed by atoms with Crippen molar-refractivity contribution < 1.29 is 14.3 Å². The number of likely N-dealkylation sites (tertiary alicyclic amines) is 1. The summed E-state index contributed by atoms with van der Waals surface area (Å²) in [6, 6.07) is 14.3. The van der Waals surface area contributed by atoms with E-state index >= 15 is 0 Å². The summed E-state index contributed by atoms with van der Waals surface area (Å²) < 4.78 is 11.9. The van der Waals surface area contributed by atoms with E-state index in [2.05, 4.69) is 36.2 Å². The molecule has 5 heteroatoms. The van der Waals surface area contributed by atoms with E-state index in [-0.39, 0.29) is 18.1 Å². The lowest BCUT2D eigenvalue weighted by Gasteiger charge is -2.24. The number of carbonyl (C=O) groups is 1. The van der Waals surface area contributed by atoms with Crippen LogP contribution >= 0.6 is 0 Å². The van der Waals surface area contributed by atoms with E-state index in [1.165, 1.54) is 0 Å². The Kier molecular flexibility index (Phi) is 6.69. The average molecular weight is 370 g/mol. The highest BCUT2D eigenvalue weighted by atomic mass is 16.6. The maximum atomic E-state index is 12.6. The van der Waals surface area contributed by atoms with E-state index in [1.54, 1.807) is 0 Å². The van der Waals surface area contributed by atoms with Crippen LogP contribution < -0.4 is 10.1 Å². The molecule has 0 aliphatic carbocycles. The smallest absolute Gasteiger partial charge is 0.323 e. The van der Waals surface area contributed by atoms with Crippen LogP contribution in [0.15, 0.2) is 42.5 Å². The first-order valence-corrected chi connectivity index (χ1v) is 9.79. The summed E-state index contributed by atoms with van der Waals surface area (Å²) in [6.45, 7) is 6.01. The molecular weight excluding hydrogens is 340 g/mol. The Bertz CT molecular complexity index is 757. The molecule has 0 radical (unpaired) electrons. The van der Waals surface area contributed by atoms with Gasteiger partial charge in [-0.1, -0.05) is 50.2 Å². The van der Waals surface area contributed by atoms with Crippen molar-refractivity contribution in [3.8, 4) is 5.75 Å². The van der Waals surface area contributed by atoms with Crippen molar-refractivity contribution in [1.29, 1.82) is 0 Å². The molecule has 1 N–H and O–H groups in total. The Balaban J connectivity index is 1.66. The summed E-state index contributed by atoms with van der Waals surface area (Å²) in [5.74, 6) is 0.670. The monoisotopic (exact) mass is 370 g/mol. The van der Waals surface area contributed by atoms with Crippen LogP contribution in [0.25, 0.3) is 10.8 Å². The van der Waals surface area contributed by atoms with Crippen LogP contribution in [-0.2, 0) is 9.53 Å². The molecule has 146 valence electrons. The lowest BCUT2D eigenvalue weighted by atomic mass is 10.1. The van der Waals surface area contributed by atoms with E-state index < -0.39 is 0 Å². The van der Waals surface area contributed by atoms with Gasteiger partial charge in [-0.25, -0.2) is 0 Å². The van der Waals surface area contributed by atoms with E-state index in [1.807, 2.05) is 37.4 Å². The van der Waals surface area contributed by atoms with Gasteiger partial charge in [-0.2, -0.15) is 0 Å². The van der Waals surface area contributed by atoms with E-state index in [0.29, 0.717) is 19.2 Å². The SMILES string of the molecule is CC(C)NCC(COc1cccc2ccccc12)OC(=O)[C@@H]1CCCN1C. The van der Waals surface area contributed by atoms with Crippen LogP contribution in [0.5, 0.6) is 5.75 Å². The number of rotatable bonds is 8. The molecule has 0 bridgehead atoms. The van der Waals surface area contributed by atoms with Gasteiger partial charge in [0.25, 0.3) is 0 Å². The topological polar surface area (TPSA) is 50.8 Å². The van der Waals surface area contributed by atoms with E-state index in [4.69, 9.17) is 9.47 Å². The van der Waals surface area contributed by atoms with Gasteiger partial charge >= 0.3 is 5.97 Å². The number of fused-ring (bicyclic) bond motifs is 1. The van der Waals surface area contributed by atoms with Crippen molar-refractivity contribution in [3.05, 3.63) is 42.5 Å². The van der Waals surface area contributed by atoms with Gasteiger partial charge in [-0.05, 0) is 37.9 Å². The molecule has 0 saturated carbocycles. The molecule has 1 fully saturated rings. The minimum atomic E-state index is -0.326. The third-order valence-corrected chi connectivity index (χ3v) is 5.00. The van der Waals surface area contributed by atoms with Crippen LogP contribution in [0, 0.1) is 0 Å². The maximum Gasteiger partial charge on any atom is 0.323 e. The Morgan fingerprint density at radius 1 is 1.22 bits per heavy atom. The quantitative estimate of drug-likeness (QED) is 0.723. The van der Waals surface area contributed by atoms with Crippen LogP contribution in [0.2, 0.25) is 0 Å². The molecule has 2 aromatic rings. The average Bonchev–Trinajstić information content (AvgIpc) is 3.09. The van der Waals surface area contributed by atoms with Crippen molar-refractivity contribution in [2.45, 2.75) is 44.9 Å². The zero-order valence-electron chi connectivity index (χ0n) is 16.5. The first-order valence-electron chi connectivity index (χ1n) is 9.79. The summed E-state index contributed by atoms with van der Waals surface area (Å²) in [5.41, 5.74) is 0. The summed E-state index contributed by atoms with van der Waals surface area (Å²) in [5, 5.41) is 5.56. The Morgan fingerprint density at radius 2 is 2.00 bits per heavy atom. The number of nitrogens with zero attached hydrogens (tertiary/aromatic N) is 1. The lowest BCUT2D eigenvalue weighted by Crippen LogP contribution is -2.42. The number of nitrogens with one attached hydrogen (secondary N) is 1. The van der Waals surface area contributed by atoms with Crippen molar-refractivity contribution >= 4 is 16.7 Å². The minimum absolute atomic E-state index is 0.135. The Labute approximate surface area is 161 Å². The van der Waals surface area contributed by atoms with E-state index in [0.717, 1.165) is 35.9 Å². The van der Waals surface area contributed by atoms with Gasteiger partial charge in [-0.15, -0.1) is 0 Å². The molecule has 2 atom stereocenters. The second-order valence-electron chi connectivity index (χ2n) is 7.55. The summed E-state index contributed by atoms with van der Waals surface area (Å²) in [4.78, 5) is 14.7. The fraction of sp³-hybridized carbons (Fsp3) is 0.500. The highest BCUT2D eigenvalue weighted by molar-refractivity contribution is 5.88. The predicted octanol–water partition coefficient (Wildman–Crippen LogP) is 3.22. The molecular formula is C22H30N2O3. The first kappa shape index (κ1) is 19.6. The molecule has 27 heavy (non-hydrogen) atoms. The van der Waals surface area contributed by atoms with Gasteiger partial charge in [0.1, 0.15) is 24.5 Å². The van der Waals surface area contributed by atoms with Crippen molar-refractivity contribution in [1.82, 2.24) is 10.2 Å². The summed E-state index contributed by atoms with van der Waals surface area (Å²) >= 11 is 0. The van der Waals surface area contributed by atoms with Crippen molar-refractivity contribution in [2.75, 3.05) is 26.7 Å². The lowest BCUT2D eigenvalue weighted by molar-refractivity contribution is -0.155.